The van der Waals surface area contributed by atoms with Crippen molar-refractivity contribution in [2.24, 2.45) is 5.92 Å². The van der Waals surface area contributed by atoms with E-state index in [9.17, 15) is 0 Å². The standard InChI is InChI=1S/C11H21N3O/c1-5-6-14(4)8-11-12-10(13-15-11)7-9(2)3/h9H,5-8H2,1-4H3. The van der Waals surface area contributed by atoms with E-state index in [2.05, 4.69) is 42.9 Å². The number of nitrogens with zero attached hydrogens (tertiary/aromatic N) is 3. The van der Waals surface area contributed by atoms with Gasteiger partial charge in [-0.25, -0.2) is 0 Å². The molecule has 0 saturated carbocycles. The van der Waals surface area contributed by atoms with Crippen molar-refractivity contribution in [2.75, 3.05) is 13.6 Å². The zero-order chi connectivity index (χ0) is 11.3. The predicted octanol–water partition coefficient (Wildman–Crippen LogP) is 2.11. The van der Waals surface area contributed by atoms with Crippen LogP contribution in [0.5, 0.6) is 0 Å². The first-order valence-corrected chi connectivity index (χ1v) is 5.61. The number of aromatic nitrogens is 2. The van der Waals surface area contributed by atoms with Crippen LogP contribution in [0.2, 0.25) is 0 Å². The Morgan fingerprint density at radius 3 is 2.73 bits per heavy atom. The van der Waals surface area contributed by atoms with E-state index in [0.29, 0.717) is 5.92 Å². The van der Waals surface area contributed by atoms with Crippen molar-refractivity contribution in [3.8, 4) is 0 Å². The lowest BCUT2D eigenvalue weighted by Gasteiger charge is -2.11. The van der Waals surface area contributed by atoms with E-state index >= 15 is 0 Å². The molecule has 1 heterocycles. The Labute approximate surface area is 91.7 Å². The van der Waals surface area contributed by atoms with Gasteiger partial charge in [-0.3, -0.25) is 4.90 Å². The molecule has 0 aliphatic rings. The van der Waals surface area contributed by atoms with E-state index < -0.39 is 0 Å². The van der Waals surface area contributed by atoms with Gasteiger partial charge in [0, 0.05) is 6.42 Å². The molecule has 0 spiro atoms. The zero-order valence-electron chi connectivity index (χ0n) is 10.2. The van der Waals surface area contributed by atoms with Crippen LogP contribution in [-0.4, -0.2) is 28.6 Å². The van der Waals surface area contributed by atoms with Gasteiger partial charge in [0.05, 0.1) is 6.54 Å². The van der Waals surface area contributed by atoms with Crippen LogP contribution in [0.1, 0.15) is 38.9 Å². The Bertz CT molecular complexity index is 283. The van der Waals surface area contributed by atoms with Gasteiger partial charge in [-0.2, -0.15) is 4.98 Å². The van der Waals surface area contributed by atoms with E-state index in [4.69, 9.17) is 4.52 Å². The van der Waals surface area contributed by atoms with Crippen molar-refractivity contribution >= 4 is 0 Å². The average Bonchev–Trinajstić information content (AvgIpc) is 2.51. The van der Waals surface area contributed by atoms with E-state index in [0.717, 1.165) is 37.6 Å². The molecule has 0 unspecified atom stereocenters. The SMILES string of the molecule is CCCN(C)Cc1nc(CC(C)C)no1. The largest absolute Gasteiger partial charge is 0.338 e. The fourth-order valence-corrected chi connectivity index (χ4v) is 1.49. The molecule has 0 bridgehead atoms. The molecule has 0 N–H and O–H groups in total. The van der Waals surface area contributed by atoms with Gasteiger partial charge in [-0.15, -0.1) is 0 Å². The minimum Gasteiger partial charge on any atom is -0.338 e. The molecule has 0 amide bonds. The maximum atomic E-state index is 5.18. The van der Waals surface area contributed by atoms with Gasteiger partial charge >= 0.3 is 0 Å². The molecular weight excluding hydrogens is 190 g/mol. The highest BCUT2D eigenvalue weighted by Gasteiger charge is 2.09. The third-order valence-electron chi connectivity index (χ3n) is 2.11. The van der Waals surface area contributed by atoms with Crippen LogP contribution in [-0.2, 0) is 13.0 Å². The van der Waals surface area contributed by atoms with E-state index in [-0.39, 0.29) is 0 Å². The van der Waals surface area contributed by atoms with Crippen LogP contribution in [0, 0.1) is 5.92 Å². The van der Waals surface area contributed by atoms with Crippen LogP contribution in [0.3, 0.4) is 0 Å². The molecule has 1 aromatic heterocycles. The average molecular weight is 211 g/mol. The van der Waals surface area contributed by atoms with Gasteiger partial charge in [-0.1, -0.05) is 25.9 Å². The Balaban J connectivity index is 2.45. The van der Waals surface area contributed by atoms with Crippen LogP contribution in [0.25, 0.3) is 0 Å². The molecule has 0 aliphatic heterocycles. The molecule has 0 fully saturated rings. The van der Waals surface area contributed by atoms with Gasteiger partial charge in [0.2, 0.25) is 5.89 Å². The fraction of sp³-hybridized carbons (Fsp3) is 0.818. The minimum absolute atomic E-state index is 0.573. The summed E-state index contributed by atoms with van der Waals surface area (Å²) >= 11 is 0. The summed E-state index contributed by atoms with van der Waals surface area (Å²) in [6.45, 7) is 8.27. The Hall–Kier alpha value is -0.900. The van der Waals surface area contributed by atoms with Crippen LogP contribution in [0.4, 0.5) is 0 Å². The normalized spacial score (nSPS) is 11.6. The van der Waals surface area contributed by atoms with E-state index in [1.165, 1.54) is 0 Å². The number of hydrogen-bond donors (Lipinski definition) is 0. The van der Waals surface area contributed by atoms with Gasteiger partial charge in [0.25, 0.3) is 0 Å². The smallest absolute Gasteiger partial charge is 0.240 e. The summed E-state index contributed by atoms with van der Waals surface area (Å²) in [4.78, 5) is 6.54. The first kappa shape index (κ1) is 12.2. The second-order valence-corrected chi connectivity index (χ2v) is 4.44. The summed E-state index contributed by atoms with van der Waals surface area (Å²) in [5, 5.41) is 3.96. The summed E-state index contributed by atoms with van der Waals surface area (Å²) in [6.07, 6.45) is 2.03. The second-order valence-electron chi connectivity index (χ2n) is 4.44. The fourth-order valence-electron chi connectivity index (χ4n) is 1.49. The lowest BCUT2D eigenvalue weighted by Crippen LogP contribution is -2.18. The molecule has 86 valence electrons. The third-order valence-corrected chi connectivity index (χ3v) is 2.11. The van der Waals surface area contributed by atoms with Crippen molar-refractivity contribution in [2.45, 2.75) is 40.2 Å². The molecule has 1 rings (SSSR count). The molecular formula is C11H21N3O. The first-order chi connectivity index (χ1) is 7.11. The zero-order valence-corrected chi connectivity index (χ0v) is 10.2. The van der Waals surface area contributed by atoms with Gasteiger partial charge in [0.1, 0.15) is 0 Å². The predicted molar refractivity (Wildman–Crippen MR) is 59.5 cm³/mol. The monoisotopic (exact) mass is 211 g/mol. The molecule has 0 atom stereocenters. The Morgan fingerprint density at radius 1 is 1.40 bits per heavy atom. The molecule has 15 heavy (non-hydrogen) atoms. The van der Waals surface area contributed by atoms with Crippen LogP contribution < -0.4 is 0 Å². The van der Waals surface area contributed by atoms with Crippen molar-refractivity contribution in [3.05, 3.63) is 11.7 Å². The molecule has 0 radical (unpaired) electrons. The highest BCUT2D eigenvalue weighted by atomic mass is 16.5. The lowest BCUT2D eigenvalue weighted by molar-refractivity contribution is 0.266. The van der Waals surface area contributed by atoms with E-state index in [1.54, 1.807) is 0 Å². The third kappa shape index (κ3) is 4.42. The first-order valence-electron chi connectivity index (χ1n) is 5.61. The van der Waals surface area contributed by atoms with Crippen molar-refractivity contribution < 1.29 is 4.52 Å². The molecule has 0 aliphatic carbocycles. The molecule has 4 heteroatoms. The van der Waals surface area contributed by atoms with Gasteiger partial charge < -0.3 is 4.52 Å². The summed E-state index contributed by atoms with van der Waals surface area (Å²) in [6, 6.07) is 0. The lowest BCUT2D eigenvalue weighted by atomic mass is 10.1. The van der Waals surface area contributed by atoms with Gasteiger partial charge in [0.15, 0.2) is 5.82 Å². The number of hydrogen-bond acceptors (Lipinski definition) is 4. The van der Waals surface area contributed by atoms with Crippen molar-refractivity contribution in [3.63, 3.8) is 0 Å². The van der Waals surface area contributed by atoms with Crippen LogP contribution >= 0.6 is 0 Å². The molecule has 0 saturated heterocycles. The Morgan fingerprint density at radius 2 is 2.13 bits per heavy atom. The van der Waals surface area contributed by atoms with Crippen LogP contribution in [0.15, 0.2) is 4.52 Å². The summed E-state index contributed by atoms with van der Waals surface area (Å²) in [5.74, 6) is 2.12. The van der Waals surface area contributed by atoms with Gasteiger partial charge in [-0.05, 0) is 25.9 Å². The highest BCUT2D eigenvalue weighted by Crippen LogP contribution is 2.06. The molecule has 1 aromatic rings. The Kier molecular flexibility index (Phi) is 4.75. The topological polar surface area (TPSA) is 42.2 Å². The minimum atomic E-state index is 0.573. The number of rotatable bonds is 6. The summed E-state index contributed by atoms with van der Waals surface area (Å²) in [5.41, 5.74) is 0. The maximum absolute atomic E-state index is 5.18. The maximum Gasteiger partial charge on any atom is 0.240 e. The quantitative estimate of drug-likeness (QED) is 0.722. The van der Waals surface area contributed by atoms with E-state index in [1.807, 2.05) is 0 Å². The second kappa shape index (κ2) is 5.85. The van der Waals surface area contributed by atoms with Crippen molar-refractivity contribution in [1.82, 2.24) is 15.0 Å². The highest BCUT2D eigenvalue weighted by molar-refractivity contribution is 4.87. The summed E-state index contributed by atoms with van der Waals surface area (Å²) < 4.78 is 5.18. The molecule has 0 aromatic carbocycles. The summed E-state index contributed by atoms with van der Waals surface area (Å²) in [7, 11) is 2.07. The van der Waals surface area contributed by atoms with Crippen molar-refractivity contribution in [1.29, 1.82) is 0 Å². The molecule has 4 nitrogen and oxygen atoms in total.